The van der Waals surface area contributed by atoms with E-state index in [2.05, 4.69) is 107 Å². The molecule has 186 valence electrons. The van der Waals surface area contributed by atoms with E-state index in [1.54, 1.807) is 0 Å². The topological polar surface area (TPSA) is 63.3 Å². The van der Waals surface area contributed by atoms with Crippen molar-refractivity contribution in [2.75, 3.05) is 62.2 Å². The van der Waals surface area contributed by atoms with E-state index in [9.17, 15) is 0 Å². The van der Waals surface area contributed by atoms with Crippen molar-refractivity contribution in [2.45, 2.75) is 13.0 Å². The predicted octanol–water partition coefficient (Wildman–Crippen LogP) is 4.68. The highest BCUT2D eigenvalue weighted by Crippen LogP contribution is 2.35. The molecule has 0 spiro atoms. The monoisotopic (exact) mass is 545 g/mol. The Balaban J connectivity index is 1.22. The first-order valence-corrected chi connectivity index (χ1v) is 13.6. The molecule has 4 aromatic rings. The molecule has 0 aliphatic carbocycles. The van der Waals surface area contributed by atoms with Crippen LogP contribution in [0.15, 0.2) is 65.3 Å². The van der Waals surface area contributed by atoms with Crippen molar-refractivity contribution >= 4 is 38.5 Å². The Morgan fingerprint density at radius 1 is 0.861 bits per heavy atom. The number of aromatic amines is 1. The summed E-state index contributed by atoms with van der Waals surface area (Å²) in [4.78, 5) is 20.5. The van der Waals surface area contributed by atoms with Crippen LogP contribution in [0.5, 0.6) is 0 Å². The molecule has 2 aromatic heterocycles. The van der Waals surface area contributed by atoms with E-state index in [-0.39, 0.29) is 0 Å². The van der Waals surface area contributed by atoms with Crippen LogP contribution in [-0.2, 0) is 0 Å². The molecule has 7 nitrogen and oxygen atoms in total. The highest BCUT2D eigenvalue weighted by atomic mass is 79.9. The van der Waals surface area contributed by atoms with Crippen LogP contribution in [0, 0.1) is 0 Å². The van der Waals surface area contributed by atoms with Crippen LogP contribution in [0.3, 0.4) is 0 Å². The molecule has 2 aliphatic heterocycles. The van der Waals surface area contributed by atoms with E-state index in [0.29, 0.717) is 6.04 Å². The number of hydrogen-bond donors (Lipinski definition) is 2. The lowest BCUT2D eigenvalue weighted by Gasteiger charge is -2.39. The number of anilines is 2. The third-order valence-corrected chi connectivity index (χ3v) is 8.11. The lowest BCUT2D eigenvalue weighted by molar-refractivity contribution is 0.198. The van der Waals surface area contributed by atoms with Gasteiger partial charge in [0.25, 0.3) is 0 Å². The van der Waals surface area contributed by atoms with Gasteiger partial charge in [-0.1, -0.05) is 30.3 Å². The molecule has 0 amide bonds. The summed E-state index contributed by atoms with van der Waals surface area (Å²) in [5, 5.41) is 3.41. The van der Waals surface area contributed by atoms with Crippen LogP contribution in [0.4, 0.5) is 11.4 Å². The molecule has 6 rings (SSSR count). The second kappa shape index (κ2) is 10.2. The largest absolute Gasteiger partial charge is 0.369 e. The van der Waals surface area contributed by atoms with E-state index >= 15 is 0 Å². The van der Waals surface area contributed by atoms with Crippen LogP contribution < -0.4 is 15.1 Å². The van der Waals surface area contributed by atoms with Gasteiger partial charge in [-0.25, -0.2) is 9.97 Å². The number of H-pyrrole nitrogens is 1. The summed E-state index contributed by atoms with van der Waals surface area (Å²) in [6.45, 7) is 10.4. The summed E-state index contributed by atoms with van der Waals surface area (Å²) in [7, 11) is 0. The number of piperazine rings is 2. The van der Waals surface area contributed by atoms with Crippen molar-refractivity contribution in [3.63, 3.8) is 0 Å². The zero-order chi connectivity index (χ0) is 24.5. The van der Waals surface area contributed by atoms with Gasteiger partial charge in [-0.3, -0.25) is 4.90 Å². The first-order valence-electron chi connectivity index (χ1n) is 12.8. The highest BCUT2D eigenvalue weighted by Gasteiger charge is 2.25. The summed E-state index contributed by atoms with van der Waals surface area (Å²) in [5.74, 6) is 0.861. The van der Waals surface area contributed by atoms with Crippen molar-refractivity contribution < 1.29 is 0 Å². The molecule has 2 aromatic carbocycles. The maximum atomic E-state index is 4.86. The van der Waals surface area contributed by atoms with E-state index in [4.69, 9.17) is 4.98 Å². The number of hydrogen-bond acceptors (Lipinski definition) is 6. The number of rotatable bonds is 5. The molecular weight excluding hydrogens is 514 g/mol. The fourth-order valence-corrected chi connectivity index (χ4v) is 5.95. The summed E-state index contributed by atoms with van der Waals surface area (Å²) in [6, 6.07) is 19.9. The minimum absolute atomic E-state index is 0.414. The average molecular weight is 547 g/mol. The fraction of sp³-hybridized carbons (Fsp3) is 0.357. The second-order valence-electron chi connectivity index (χ2n) is 9.63. The first kappa shape index (κ1) is 23.5. The third kappa shape index (κ3) is 4.61. The van der Waals surface area contributed by atoms with Gasteiger partial charge in [0.1, 0.15) is 11.3 Å². The number of aromatic nitrogens is 3. The zero-order valence-electron chi connectivity index (χ0n) is 20.6. The van der Waals surface area contributed by atoms with Gasteiger partial charge in [0.15, 0.2) is 5.65 Å². The second-order valence-corrected chi connectivity index (χ2v) is 10.5. The van der Waals surface area contributed by atoms with E-state index < -0.39 is 0 Å². The normalized spacial score (nSPS) is 18.1. The number of halogens is 1. The van der Waals surface area contributed by atoms with Gasteiger partial charge in [-0.15, -0.1) is 0 Å². The molecule has 0 radical (unpaired) electrons. The molecule has 8 heteroatoms. The number of nitrogens with one attached hydrogen (secondary N) is 2. The molecule has 4 heterocycles. The molecule has 0 saturated carbocycles. The molecule has 1 atom stereocenters. The first-order chi connectivity index (χ1) is 17.7. The Labute approximate surface area is 220 Å². The van der Waals surface area contributed by atoms with Crippen LogP contribution in [0.25, 0.3) is 22.6 Å². The molecule has 2 aliphatic rings. The summed E-state index contributed by atoms with van der Waals surface area (Å²) >= 11 is 3.78. The molecule has 0 bridgehead atoms. The third-order valence-electron chi connectivity index (χ3n) is 7.53. The van der Waals surface area contributed by atoms with Crippen molar-refractivity contribution in [2.24, 2.45) is 0 Å². The minimum Gasteiger partial charge on any atom is -0.369 e. The number of nitrogens with zero attached hydrogens (tertiary/aromatic N) is 5. The van der Waals surface area contributed by atoms with E-state index in [1.807, 2.05) is 6.20 Å². The Morgan fingerprint density at radius 3 is 2.31 bits per heavy atom. The number of imidazole rings is 1. The predicted molar refractivity (Wildman–Crippen MR) is 151 cm³/mol. The van der Waals surface area contributed by atoms with Crippen LogP contribution in [-0.4, -0.2) is 72.2 Å². The molecule has 1 unspecified atom stereocenters. The van der Waals surface area contributed by atoms with Gasteiger partial charge in [0.05, 0.1) is 10.2 Å². The Morgan fingerprint density at radius 2 is 1.58 bits per heavy atom. The number of fused-ring (bicyclic) bond motifs is 1. The van der Waals surface area contributed by atoms with E-state index in [1.165, 1.54) is 11.3 Å². The maximum Gasteiger partial charge on any atom is 0.180 e. The molecular formula is C28H32BrN7. The molecule has 36 heavy (non-hydrogen) atoms. The molecule has 2 fully saturated rings. The maximum absolute atomic E-state index is 4.86. The lowest BCUT2D eigenvalue weighted by Crippen LogP contribution is -2.47. The smallest absolute Gasteiger partial charge is 0.180 e. The Hall–Kier alpha value is -2.94. The van der Waals surface area contributed by atoms with Crippen LogP contribution in [0.1, 0.15) is 18.5 Å². The molecule has 2 saturated heterocycles. The fourth-order valence-electron chi connectivity index (χ4n) is 5.40. The molecule has 2 N–H and O–H groups in total. The van der Waals surface area contributed by atoms with Gasteiger partial charge >= 0.3 is 0 Å². The van der Waals surface area contributed by atoms with Crippen molar-refractivity contribution in [3.8, 4) is 11.4 Å². The lowest BCUT2D eigenvalue weighted by atomic mass is 10.1. The van der Waals surface area contributed by atoms with Gasteiger partial charge in [-0.05, 0) is 52.7 Å². The SMILES string of the molecule is CC(c1ccccc1)N1CCN(c2c(Br)cnc3nc(-c4ccc(N5CCNCC5)cc4)[nH]c23)CC1. The summed E-state index contributed by atoms with van der Waals surface area (Å²) in [6.07, 6.45) is 1.88. The Kier molecular flexibility index (Phi) is 6.65. The summed E-state index contributed by atoms with van der Waals surface area (Å²) in [5.41, 5.74) is 6.63. The number of benzene rings is 2. The van der Waals surface area contributed by atoms with Crippen LogP contribution >= 0.6 is 15.9 Å². The van der Waals surface area contributed by atoms with Crippen molar-refractivity contribution in [3.05, 3.63) is 70.8 Å². The zero-order valence-corrected chi connectivity index (χ0v) is 22.2. The highest BCUT2D eigenvalue weighted by molar-refractivity contribution is 9.10. The minimum atomic E-state index is 0.414. The Bertz CT molecular complexity index is 1310. The van der Waals surface area contributed by atoms with Crippen molar-refractivity contribution in [1.82, 2.24) is 25.2 Å². The van der Waals surface area contributed by atoms with E-state index in [0.717, 1.165) is 85.1 Å². The van der Waals surface area contributed by atoms with Gasteiger partial charge < -0.3 is 20.1 Å². The van der Waals surface area contributed by atoms with Gasteiger partial charge in [0.2, 0.25) is 0 Å². The standard InChI is InChI=1S/C28H32BrN7/c1-20(21-5-3-2-4-6-21)34-15-17-36(18-16-34)26-24(29)19-31-28-25(26)32-27(33-28)22-7-9-23(10-8-22)35-13-11-30-12-14-35/h2-10,19-20,30H,11-18H2,1H3,(H,31,32,33). The van der Waals surface area contributed by atoms with Gasteiger partial charge in [0, 0.05) is 75.8 Å². The number of pyridine rings is 1. The quantitative estimate of drug-likeness (QED) is 0.379. The average Bonchev–Trinajstić information content (AvgIpc) is 3.38. The van der Waals surface area contributed by atoms with Crippen LogP contribution in [0.2, 0.25) is 0 Å². The summed E-state index contributed by atoms with van der Waals surface area (Å²) < 4.78 is 1.00. The van der Waals surface area contributed by atoms with Crippen molar-refractivity contribution in [1.29, 1.82) is 0 Å². The van der Waals surface area contributed by atoms with Gasteiger partial charge in [-0.2, -0.15) is 0 Å².